The molecule has 0 fully saturated rings. The Kier molecular flexibility index (Phi) is 6.24. The molecular formula is C9H21NO3. The van der Waals surface area contributed by atoms with Crippen molar-refractivity contribution in [1.29, 1.82) is 0 Å². The van der Waals surface area contributed by atoms with Crippen molar-refractivity contribution in [3.8, 4) is 0 Å². The molecule has 0 aromatic rings. The Morgan fingerprint density at radius 1 is 1.31 bits per heavy atom. The van der Waals surface area contributed by atoms with E-state index in [0.29, 0.717) is 19.4 Å². The molecule has 1 atom stereocenters. The summed E-state index contributed by atoms with van der Waals surface area (Å²) in [5, 5.41) is 30.2. The summed E-state index contributed by atoms with van der Waals surface area (Å²) in [6.07, 6.45) is 0.945. The third-order valence-corrected chi connectivity index (χ3v) is 2.34. The Bertz CT molecular complexity index is 116. The SMILES string of the molecule is CCC(CO)(CO)NCCC(C)O. The number of nitrogens with one attached hydrogen (secondary N) is 1. The second-order valence-electron chi connectivity index (χ2n) is 3.51. The normalized spacial score (nSPS) is 14.5. The Balaban J connectivity index is 3.81. The van der Waals surface area contributed by atoms with Gasteiger partial charge < -0.3 is 20.6 Å². The first-order valence-electron chi connectivity index (χ1n) is 4.75. The van der Waals surface area contributed by atoms with Gasteiger partial charge in [-0.3, -0.25) is 0 Å². The van der Waals surface area contributed by atoms with Crippen LogP contribution in [-0.2, 0) is 0 Å². The minimum absolute atomic E-state index is 0.0835. The molecule has 0 aromatic heterocycles. The lowest BCUT2D eigenvalue weighted by Gasteiger charge is -2.30. The van der Waals surface area contributed by atoms with Crippen molar-refractivity contribution in [2.75, 3.05) is 19.8 Å². The maximum atomic E-state index is 9.06. The van der Waals surface area contributed by atoms with Crippen molar-refractivity contribution >= 4 is 0 Å². The molecule has 0 radical (unpaired) electrons. The molecule has 0 aliphatic carbocycles. The molecule has 0 bridgehead atoms. The highest BCUT2D eigenvalue weighted by Gasteiger charge is 2.25. The van der Waals surface area contributed by atoms with Crippen LogP contribution < -0.4 is 5.32 Å². The van der Waals surface area contributed by atoms with Gasteiger partial charge in [0.1, 0.15) is 0 Å². The van der Waals surface area contributed by atoms with Gasteiger partial charge in [-0.05, 0) is 26.3 Å². The zero-order chi connectivity index (χ0) is 10.3. The summed E-state index contributed by atoms with van der Waals surface area (Å²) in [6.45, 7) is 4.06. The van der Waals surface area contributed by atoms with Crippen molar-refractivity contribution in [2.45, 2.75) is 38.3 Å². The monoisotopic (exact) mass is 191 g/mol. The molecule has 4 heteroatoms. The van der Waals surface area contributed by atoms with E-state index in [4.69, 9.17) is 15.3 Å². The average Bonchev–Trinajstić information content (AvgIpc) is 2.13. The average molecular weight is 191 g/mol. The zero-order valence-corrected chi connectivity index (χ0v) is 8.45. The lowest BCUT2D eigenvalue weighted by atomic mass is 9.98. The third-order valence-electron chi connectivity index (χ3n) is 2.34. The van der Waals surface area contributed by atoms with Gasteiger partial charge >= 0.3 is 0 Å². The summed E-state index contributed by atoms with van der Waals surface area (Å²) < 4.78 is 0. The topological polar surface area (TPSA) is 72.7 Å². The molecule has 4 N–H and O–H groups in total. The first kappa shape index (κ1) is 12.8. The molecular weight excluding hydrogens is 170 g/mol. The van der Waals surface area contributed by atoms with Crippen LogP contribution in [0.4, 0.5) is 0 Å². The third kappa shape index (κ3) is 4.57. The zero-order valence-electron chi connectivity index (χ0n) is 8.45. The van der Waals surface area contributed by atoms with Gasteiger partial charge in [0.25, 0.3) is 0 Å². The second kappa shape index (κ2) is 6.32. The van der Waals surface area contributed by atoms with Gasteiger partial charge in [0.2, 0.25) is 0 Å². The van der Waals surface area contributed by atoms with Crippen LogP contribution in [0.1, 0.15) is 26.7 Å². The molecule has 4 nitrogen and oxygen atoms in total. The van der Waals surface area contributed by atoms with Crippen LogP contribution >= 0.6 is 0 Å². The quantitative estimate of drug-likeness (QED) is 0.437. The van der Waals surface area contributed by atoms with E-state index in [1.807, 2.05) is 6.92 Å². The fourth-order valence-electron chi connectivity index (χ4n) is 1.06. The Morgan fingerprint density at radius 3 is 2.15 bits per heavy atom. The number of aliphatic hydroxyl groups excluding tert-OH is 3. The van der Waals surface area contributed by atoms with Crippen molar-refractivity contribution in [2.24, 2.45) is 0 Å². The number of hydrogen-bond acceptors (Lipinski definition) is 4. The van der Waals surface area contributed by atoms with E-state index in [2.05, 4.69) is 5.32 Å². The van der Waals surface area contributed by atoms with Gasteiger partial charge in [0.15, 0.2) is 0 Å². The summed E-state index contributed by atoms with van der Waals surface area (Å²) >= 11 is 0. The van der Waals surface area contributed by atoms with E-state index in [1.165, 1.54) is 0 Å². The maximum Gasteiger partial charge on any atom is 0.0645 e. The standard InChI is InChI=1S/C9H21NO3/c1-3-9(6-11,7-12)10-5-4-8(2)13/h8,10-13H,3-7H2,1-2H3. The Labute approximate surface area is 79.6 Å². The molecule has 0 amide bonds. The van der Waals surface area contributed by atoms with Crippen LogP contribution in [0.2, 0.25) is 0 Å². The predicted octanol–water partition coefficient (Wildman–Crippen LogP) is -0.520. The largest absolute Gasteiger partial charge is 0.394 e. The van der Waals surface area contributed by atoms with Crippen LogP contribution in [0.5, 0.6) is 0 Å². The van der Waals surface area contributed by atoms with Gasteiger partial charge in [0.05, 0.1) is 24.9 Å². The molecule has 0 aromatic carbocycles. The molecule has 0 spiro atoms. The Morgan fingerprint density at radius 2 is 1.85 bits per heavy atom. The smallest absolute Gasteiger partial charge is 0.0645 e. The molecule has 13 heavy (non-hydrogen) atoms. The van der Waals surface area contributed by atoms with E-state index in [1.54, 1.807) is 6.92 Å². The van der Waals surface area contributed by atoms with Crippen LogP contribution in [0, 0.1) is 0 Å². The van der Waals surface area contributed by atoms with Gasteiger partial charge in [-0.15, -0.1) is 0 Å². The maximum absolute atomic E-state index is 9.06. The van der Waals surface area contributed by atoms with Crippen LogP contribution in [0.15, 0.2) is 0 Å². The van der Waals surface area contributed by atoms with E-state index < -0.39 is 5.54 Å². The first-order valence-corrected chi connectivity index (χ1v) is 4.75. The van der Waals surface area contributed by atoms with E-state index in [-0.39, 0.29) is 19.3 Å². The molecule has 0 aliphatic heterocycles. The summed E-state index contributed by atoms with van der Waals surface area (Å²) in [4.78, 5) is 0. The summed E-state index contributed by atoms with van der Waals surface area (Å²) in [7, 11) is 0. The molecule has 0 aliphatic rings. The van der Waals surface area contributed by atoms with Crippen molar-refractivity contribution in [3.63, 3.8) is 0 Å². The van der Waals surface area contributed by atoms with Crippen LogP contribution in [0.25, 0.3) is 0 Å². The van der Waals surface area contributed by atoms with E-state index in [9.17, 15) is 0 Å². The molecule has 0 saturated carbocycles. The number of hydrogen-bond donors (Lipinski definition) is 4. The highest BCUT2D eigenvalue weighted by atomic mass is 16.3. The predicted molar refractivity (Wildman–Crippen MR) is 51.5 cm³/mol. The molecule has 1 unspecified atom stereocenters. The fourth-order valence-corrected chi connectivity index (χ4v) is 1.06. The van der Waals surface area contributed by atoms with Crippen molar-refractivity contribution in [1.82, 2.24) is 5.32 Å². The van der Waals surface area contributed by atoms with Gasteiger partial charge in [-0.1, -0.05) is 6.92 Å². The lowest BCUT2D eigenvalue weighted by molar-refractivity contribution is 0.0828. The first-order chi connectivity index (χ1) is 6.10. The molecule has 0 saturated heterocycles. The summed E-state index contributed by atoms with van der Waals surface area (Å²) in [5.74, 6) is 0. The minimum Gasteiger partial charge on any atom is -0.394 e. The van der Waals surface area contributed by atoms with Gasteiger partial charge in [-0.2, -0.15) is 0 Å². The fraction of sp³-hybridized carbons (Fsp3) is 1.00. The highest BCUT2D eigenvalue weighted by Crippen LogP contribution is 2.08. The molecule has 0 rings (SSSR count). The number of aliphatic hydroxyl groups is 3. The lowest BCUT2D eigenvalue weighted by Crippen LogP contribution is -2.51. The van der Waals surface area contributed by atoms with Gasteiger partial charge in [-0.25, -0.2) is 0 Å². The second-order valence-corrected chi connectivity index (χ2v) is 3.51. The molecule has 80 valence electrons. The number of rotatable bonds is 7. The minimum atomic E-state index is -0.588. The van der Waals surface area contributed by atoms with E-state index >= 15 is 0 Å². The van der Waals surface area contributed by atoms with Crippen LogP contribution in [-0.4, -0.2) is 46.7 Å². The summed E-state index contributed by atoms with van der Waals surface area (Å²) in [5.41, 5.74) is -0.588. The van der Waals surface area contributed by atoms with Gasteiger partial charge in [0, 0.05) is 0 Å². The molecule has 0 heterocycles. The Hall–Kier alpha value is -0.160. The van der Waals surface area contributed by atoms with Crippen molar-refractivity contribution in [3.05, 3.63) is 0 Å². The van der Waals surface area contributed by atoms with Crippen molar-refractivity contribution < 1.29 is 15.3 Å². The van der Waals surface area contributed by atoms with Crippen LogP contribution in [0.3, 0.4) is 0 Å². The summed E-state index contributed by atoms with van der Waals surface area (Å²) in [6, 6.07) is 0. The van der Waals surface area contributed by atoms with E-state index in [0.717, 1.165) is 0 Å². The highest BCUT2D eigenvalue weighted by molar-refractivity contribution is 4.85.